The van der Waals surface area contributed by atoms with Gasteiger partial charge in [-0.3, -0.25) is 14.5 Å². The molecule has 5 rings (SSSR count). The van der Waals surface area contributed by atoms with Crippen LogP contribution in [0.4, 0.5) is 9.18 Å². The van der Waals surface area contributed by atoms with Gasteiger partial charge < -0.3 is 10.3 Å². The third-order valence-electron chi connectivity index (χ3n) is 6.17. The van der Waals surface area contributed by atoms with Crippen LogP contribution in [0.5, 0.6) is 0 Å². The Morgan fingerprint density at radius 3 is 2.58 bits per heavy atom. The average Bonchev–Trinajstić information content (AvgIpc) is 3.28. The van der Waals surface area contributed by atoms with Gasteiger partial charge in [-0.25, -0.2) is 14.2 Å². The minimum atomic E-state index is -0.752. The average molecular weight is 441 g/mol. The molecule has 160 valence electrons. The number of thiophene rings is 1. The van der Waals surface area contributed by atoms with Gasteiger partial charge in [0, 0.05) is 23.9 Å². The number of rotatable bonds is 4. The van der Waals surface area contributed by atoms with Crippen molar-refractivity contribution in [1.82, 2.24) is 20.2 Å². The van der Waals surface area contributed by atoms with Crippen LogP contribution in [0.15, 0.2) is 34.4 Å². The van der Waals surface area contributed by atoms with Gasteiger partial charge >= 0.3 is 6.03 Å². The van der Waals surface area contributed by atoms with Crippen LogP contribution in [0, 0.1) is 5.82 Å². The number of nitrogens with one attached hydrogen (secondary N) is 2. The first kappa shape index (κ1) is 19.9. The fourth-order valence-corrected chi connectivity index (χ4v) is 5.51. The van der Waals surface area contributed by atoms with Gasteiger partial charge in [0.2, 0.25) is 0 Å². The Bertz CT molecular complexity index is 1230. The van der Waals surface area contributed by atoms with E-state index in [-0.39, 0.29) is 36.3 Å². The van der Waals surface area contributed by atoms with Gasteiger partial charge in [0.15, 0.2) is 0 Å². The second-order valence-corrected chi connectivity index (χ2v) is 8.99. The molecule has 3 amide bonds. The monoisotopic (exact) mass is 440 g/mol. The van der Waals surface area contributed by atoms with E-state index in [1.807, 2.05) is 5.38 Å². The molecule has 9 heteroatoms. The first-order chi connectivity index (χ1) is 15.0. The largest absolute Gasteiger partial charge is 0.325 e. The highest BCUT2D eigenvalue weighted by atomic mass is 32.1. The number of fused-ring (bicyclic) bond motifs is 1. The number of benzene rings is 1. The number of hydrogen-bond acceptors (Lipinski definition) is 5. The van der Waals surface area contributed by atoms with Crippen molar-refractivity contribution in [3.8, 4) is 11.1 Å². The molecule has 1 aliphatic heterocycles. The normalized spacial score (nSPS) is 18.2. The summed E-state index contributed by atoms with van der Waals surface area (Å²) in [7, 11) is 0. The molecule has 1 aromatic carbocycles. The molecule has 2 aromatic heterocycles. The number of halogens is 1. The van der Waals surface area contributed by atoms with Gasteiger partial charge in [0.1, 0.15) is 22.0 Å². The Balaban J connectivity index is 1.37. The van der Waals surface area contributed by atoms with Crippen LogP contribution in [0.25, 0.3) is 21.3 Å². The summed E-state index contributed by atoms with van der Waals surface area (Å²) in [5.41, 5.74) is 0.401. The summed E-state index contributed by atoms with van der Waals surface area (Å²) in [5.74, 6) is -0.0846. The molecule has 0 radical (unpaired) electrons. The van der Waals surface area contributed by atoms with Gasteiger partial charge in [-0.1, -0.05) is 31.4 Å². The van der Waals surface area contributed by atoms with E-state index < -0.39 is 5.54 Å². The van der Waals surface area contributed by atoms with Gasteiger partial charge in [0.25, 0.3) is 11.5 Å². The predicted molar refractivity (Wildman–Crippen MR) is 115 cm³/mol. The molecule has 1 saturated heterocycles. The van der Waals surface area contributed by atoms with Crippen molar-refractivity contribution >= 4 is 33.5 Å². The van der Waals surface area contributed by atoms with Crippen molar-refractivity contribution in [1.29, 1.82) is 0 Å². The summed E-state index contributed by atoms with van der Waals surface area (Å²) < 4.78 is 13.2. The number of hydrogen-bond donors (Lipinski definition) is 2. The summed E-state index contributed by atoms with van der Waals surface area (Å²) in [5, 5.41) is 5.17. The number of aromatic nitrogens is 2. The van der Waals surface area contributed by atoms with E-state index in [4.69, 9.17) is 0 Å². The zero-order valence-electron chi connectivity index (χ0n) is 16.7. The number of nitrogens with zero attached hydrogens (tertiary/aromatic N) is 2. The molecule has 2 N–H and O–H groups in total. The molecular formula is C22H21FN4O3S. The van der Waals surface area contributed by atoms with Crippen LogP contribution in [0.2, 0.25) is 0 Å². The summed E-state index contributed by atoms with van der Waals surface area (Å²) in [4.78, 5) is 47.2. The molecule has 7 nitrogen and oxygen atoms in total. The SMILES string of the molecule is O=C1NC2(CCCCC2)C(=O)N1CCc1nc2scc(-c3ccc(F)cc3)c2c(=O)[nH]1. The molecule has 0 unspecified atom stereocenters. The first-order valence-corrected chi connectivity index (χ1v) is 11.3. The van der Waals surface area contributed by atoms with Crippen molar-refractivity contribution < 1.29 is 14.0 Å². The van der Waals surface area contributed by atoms with Gasteiger partial charge in [-0.2, -0.15) is 0 Å². The first-order valence-electron chi connectivity index (χ1n) is 10.4. The fraction of sp³-hybridized carbons (Fsp3) is 0.364. The maximum absolute atomic E-state index is 13.2. The van der Waals surface area contributed by atoms with E-state index in [9.17, 15) is 18.8 Å². The smallest absolute Gasteiger partial charge is 0.323 e. The summed E-state index contributed by atoms with van der Waals surface area (Å²) in [6.07, 6.45) is 4.56. The van der Waals surface area contributed by atoms with Crippen molar-refractivity contribution in [2.75, 3.05) is 6.54 Å². The summed E-state index contributed by atoms with van der Waals surface area (Å²) >= 11 is 1.33. The van der Waals surface area contributed by atoms with Crippen molar-refractivity contribution in [2.45, 2.75) is 44.1 Å². The molecule has 1 spiro atoms. The zero-order valence-corrected chi connectivity index (χ0v) is 17.6. The lowest BCUT2D eigenvalue weighted by atomic mass is 9.82. The van der Waals surface area contributed by atoms with E-state index >= 15 is 0 Å². The number of amides is 3. The third-order valence-corrected chi connectivity index (χ3v) is 7.05. The Labute approximate surface area is 181 Å². The van der Waals surface area contributed by atoms with Gasteiger partial charge in [-0.05, 0) is 30.5 Å². The van der Waals surface area contributed by atoms with Crippen molar-refractivity contribution in [3.05, 3.63) is 51.6 Å². The third kappa shape index (κ3) is 3.42. The van der Waals surface area contributed by atoms with Gasteiger partial charge in [-0.15, -0.1) is 11.3 Å². The lowest BCUT2D eigenvalue weighted by Crippen LogP contribution is -2.48. The standard InChI is InChI=1S/C22H21FN4O3S/c23-14-6-4-13(5-7-14)15-12-31-19-17(15)18(28)24-16(25-19)8-11-27-20(29)22(26-21(27)30)9-2-1-3-10-22/h4-7,12H,1-3,8-11H2,(H,26,30)(H,24,25,28). The number of carbonyl (C=O) groups excluding carboxylic acids is 2. The molecular weight excluding hydrogens is 419 g/mol. The lowest BCUT2D eigenvalue weighted by Gasteiger charge is -2.30. The van der Waals surface area contributed by atoms with Crippen LogP contribution < -0.4 is 10.9 Å². The molecule has 0 atom stereocenters. The zero-order chi connectivity index (χ0) is 21.6. The molecule has 1 aliphatic carbocycles. The Hall–Kier alpha value is -3.07. The highest BCUT2D eigenvalue weighted by Gasteiger charge is 2.50. The molecule has 0 bridgehead atoms. The van der Waals surface area contributed by atoms with Crippen LogP contribution in [-0.4, -0.2) is 38.9 Å². The molecule has 3 aromatic rings. The fourth-order valence-electron chi connectivity index (χ4n) is 4.54. The number of aromatic amines is 1. The second kappa shape index (κ2) is 7.56. The van der Waals surface area contributed by atoms with Gasteiger partial charge in [0.05, 0.1) is 5.39 Å². The predicted octanol–water partition coefficient (Wildman–Crippen LogP) is 3.59. The summed E-state index contributed by atoms with van der Waals surface area (Å²) in [6, 6.07) is 5.59. The highest BCUT2D eigenvalue weighted by Crippen LogP contribution is 2.34. The van der Waals surface area contributed by atoms with E-state index in [1.54, 1.807) is 12.1 Å². The minimum absolute atomic E-state index is 0.164. The quantitative estimate of drug-likeness (QED) is 0.606. The highest BCUT2D eigenvalue weighted by molar-refractivity contribution is 7.17. The van der Waals surface area contributed by atoms with Crippen molar-refractivity contribution in [2.24, 2.45) is 0 Å². The van der Waals surface area contributed by atoms with E-state index in [1.165, 1.54) is 28.4 Å². The topological polar surface area (TPSA) is 95.2 Å². The number of H-pyrrole nitrogens is 1. The van der Waals surface area contributed by atoms with E-state index in [0.29, 0.717) is 34.4 Å². The van der Waals surface area contributed by atoms with Crippen LogP contribution in [0.1, 0.15) is 37.9 Å². The molecule has 1 saturated carbocycles. The Kier molecular flexibility index (Phi) is 4.85. The lowest BCUT2D eigenvalue weighted by molar-refractivity contribution is -0.132. The van der Waals surface area contributed by atoms with Crippen LogP contribution in [0.3, 0.4) is 0 Å². The second-order valence-electron chi connectivity index (χ2n) is 8.13. The molecule has 2 fully saturated rings. The molecule has 31 heavy (non-hydrogen) atoms. The summed E-state index contributed by atoms with van der Waals surface area (Å²) in [6.45, 7) is 0.164. The van der Waals surface area contributed by atoms with E-state index in [0.717, 1.165) is 24.8 Å². The number of carbonyl (C=O) groups is 2. The maximum Gasteiger partial charge on any atom is 0.325 e. The minimum Gasteiger partial charge on any atom is -0.323 e. The Morgan fingerprint density at radius 2 is 1.84 bits per heavy atom. The van der Waals surface area contributed by atoms with Crippen molar-refractivity contribution in [3.63, 3.8) is 0 Å². The molecule has 3 heterocycles. The molecule has 2 aliphatic rings. The number of urea groups is 1. The Morgan fingerprint density at radius 1 is 1.10 bits per heavy atom. The van der Waals surface area contributed by atoms with Crippen LogP contribution in [-0.2, 0) is 11.2 Å². The van der Waals surface area contributed by atoms with E-state index in [2.05, 4.69) is 15.3 Å². The number of imide groups is 1. The van der Waals surface area contributed by atoms with Crippen LogP contribution >= 0.6 is 11.3 Å². The maximum atomic E-state index is 13.2.